The number of fused-ring (bicyclic) bond motifs is 4. The molecule has 1 fully saturated rings. The van der Waals surface area contributed by atoms with E-state index in [0.717, 1.165) is 16.7 Å². The maximum Gasteiger partial charge on any atom is 0.321 e. The van der Waals surface area contributed by atoms with Crippen molar-refractivity contribution in [1.29, 1.82) is 5.26 Å². The number of carbonyl (C=O) groups excluding carboxylic acids is 2. The minimum absolute atomic E-state index is 0.0714. The first kappa shape index (κ1) is 18.4. The molecular weight excluding hydrogens is 352 g/mol. The number of Topliss-reactive ketones (excluding diaryl/α,β-unsaturated/α-hetero) is 1. The molecule has 5 nitrogen and oxygen atoms in total. The van der Waals surface area contributed by atoms with Crippen molar-refractivity contribution < 1.29 is 14.3 Å². The lowest BCUT2D eigenvalue weighted by Gasteiger charge is -2.47. The fourth-order valence-electron chi connectivity index (χ4n) is 4.53. The van der Waals surface area contributed by atoms with E-state index in [1.54, 1.807) is 19.1 Å². The Labute approximate surface area is 164 Å². The highest BCUT2D eigenvalue weighted by molar-refractivity contribution is 6.09. The summed E-state index contributed by atoms with van der Waals surface area (Å²) in [4.78, 5) is 28.5. The van der Waals surface area contributed by atoms with Crippen LogP contribution in [0.1, 0.15) is 35.1 Å². The van der Waals surface area contributed by atoms with Crippen LogP contribution in [0, 0.1) is 16.7 Å². The molecule has 2 atom stereocenters. The molecule has 1 heterocycles. The van der Waals surface area contributed by atoms with E-state index in [0.29, 0.717) is 31.6 Å². The Hall–Kier alpha value is -2.97. The van der Waals surface area contributed by atoms with Crippen LogP contribution in [0.5, 0.6) is 0 Å². The van der Waals surface area contributed by atoms with Gasteiger partial charge in [-0.05, 0) is 42.2 Å². The predicted octanol–water partition coefficient (Wildman–Crippen LogP) is 2.83. The van der Waals surface area contributed by atoms with Crippen LogP contribution >= 0.6 is 0 Å². The van der Waals surface area contributed by atoms with Crippen LogP contribution in [0.15, 0.2) is 48.5 Å². The Balaban J connectivity index is 1.75. The largest absolute Gasteiger partial charge is 0.465 e. The highest BCUT2D eigenvalue weighted by atomic mass is 16.5. The Morgan fingerprint density at radius 2 is 2.07 bits per heavy atom. The molecule has 0 spiro atoms. The normalized spacial score (nSPS) is 23.6. The number of nitriles is 1. The van der Waals surface area contributed by atoms with E-state index < -0.39 is 17.3 Å². The van der Waals surface area contributed by atoms with Crippen LogP contribution in [0.4, 0.5) is 0 Å². The summed E-state index contributed by atoms with van der Waals surface area (Å²) in [7, 11) is 0. The van der Waals surface area contributed by atoms with Gasteiger partial charge in [-0.1, -0.05) is 36.4 Å². The van der Waals surface area contributed by atoms with Gasteiger partial charge >= 0.3 is 5.97 Å². The average Bonchev–Trinajstić information content (AvgIpc) is 2.70. The lowest BCUT2D eigenvalue weighted by Crippen LogP contribution is -2.60. The van der Waals surface area contributed by atoms with Crippen LogP contribution in [0.2, 0.25) is 0 Å². The molecule has 2 bridgehead atoms. The van der Waals surface area contributed by atoms with Crippen molar-refractivity contribution in [3.05, 3.63) is 70.8 Å². The molecule has 1 aliphatic carbocycles. The molecule has 2 unspecified atom stereocenters. The highest BCUT2D eigenvalue weighted by Crippen LogP contribution is 2.45. The molecule has 0 aromatic heterocycles. The lowest BCUT2D eigenvalue weighted by molar-refractivity contribution is -0.166. The van der Waals surface area contributed by atoms with Crippen molar-refractivity contribution in [3.8, 4) is 6.07 Å². The second-order valence-electron chi connectivity index (χ2n) is 7.58. The number of ether oxygens (including phenoxy) is 1. The number of ketones is 1. The number of nitrogens with zero attached hydrogens (tertiary/aromatic N) is 2. The van der Waals surface area contributed by atoms with Crippen molar-refractivity contribution in [1.82, 2.24) is 4.90 Å². The molecule has 0 radical (unpaired) electrons. The molecule has 28 heavy (non-hydrogen) atoms. The number of esters is 1. The van der Waals surface area contributed by atoms with Crippen molar-refractivity contribution in [3.63, 3.8) is 0 Å². The molecule has 1 saturated heterocycles. The SMILES string of the molecule is CCOC(=O)C12Cc3ccc(C#N)cc3C(CN(Cc3ccccc3)C1)C2=O. The number of carbonyl (C=O) groups is 2. The number of piperidine rings is 1. The minimum Gasteiger partial charge on any atom is -0.465 e. The van der Waals surface area contributed by atoms with E-state index in [1.165, 1.54) is 0 Å². The van der Waals surface area contributed by atoms with E-state index in [1.807, 2.05) is 36.4 Å². The van der Waals surface area contributed by atoms with Crippen molar-refractivity contribution >= 4 is 11.8 Å². The number of benzene rings is 2. The molecule has 1 aliphatic heterocycles. The first-order valence-electron chi connectivity index (χ1n) is 9.58. The Bertz CT molecular complexity index is 964. The zero-order valence-corrected chi connectivity index (χ0v) is 15.9. The summed E-state index contributed by atoms with van der Waals surface area (Å²) in [6.45, 7) is 3.57. The Morgan fingerprint density at radius 3 is 2.79 bits per heavy atom. The highest BCUT2D eigenvalue weighted by Gasteiger charge is 2.57. The summed E-state index contributed by atoms with van der Waals surface area (Å²) in [5.74, 6) is -0.922. The number of hydrogen-bond donors (Lipinski definition) is 0. The summed E-state index contributed by atoms with van der Waals surface area (Å²) < 4.78 is 5.35. The van der Waals surface area contributed by atoms with E-state index in [4.69, 9.17) is 4.74 Å². The average molecular weight is 374 g/mol. The predicted molar refractivity (Wildman–Crippen MR) is 103 cm³/mol. The molecule has 0 saturated carbocycles. The fraction of sp³-hybridized carbons (Fsp3) is 0.348. The summed E-state index contributed by atoms with van der Waals surface area (Å²) in [6, 6.07) is 17.6. The maximum absolute atomic E-state index is 13.4. The molecule has 4 rings (SSSR count). The number of hydrogen-bond acceptors (Lipinski definition) is 5. The van der Waals surface area contributed by atoms with Gasteiger partial charge in [0.2, 0.25) is 0 Å². The molecule has 5 heteroatoms. The second kappa shape index (κ2) is 7.21. The Morgan fingerprint density at radius 1 is 1.29 bits per heavy atom. The Kier molecular flexibility index (Phi) is 4.74. The van der Waals surface area contributed by atoms with Crippen LogP contribution in [-0.2, 0) is 27.3 Å². The quantitative estimate of drug-likeness (QED) is 0.608. The van der Waals surface area contributed by atoms with Crippen molar-refractivity contribution in [2.45, 2.75) is 25.8 Å². The third-order valence-electron chi connectivity index (χ3n) is 5.78. The zero-order chi connectivity index (χ0) is 19.7. The third kappa shape index (κ3) is 3.00. The van der Waals surface area contributed by atoms with Gasteiger partial charge in [0.05, 0.1) is 24.2 Å². The van der Waals surface area contributed by atoms with Gasteiger partial charge in [0, 0.05) is 19.6 Å². The van der Waals surface area contributed by atoms with Gasteiger partial charge in [-0.15, -0.1) is 0 Å². The first-order chi connectivity index (χ1) is 13.6. The molecule has 0 amide bonds. The van der Waals surface area contributed by atoms with E-state index in [2.05, 4.69) is 11.0 Å². The molecule has 0 N–H and O–H groups in total. The maximum atomic E-state index is 13.4. The smallest absolute Gasteiger partial charge is 0.321 e. The summed E-state index contributed by atoms with van der Waals surface area (Å²) in [5.41, 5.74) is 2.35. The minimum atomic E-state index is -1.17. The van der Waals surface area contributed by atoms with Gasteiger partial charge in [-0.2, -0.15) is 5.26 Å². The second-order valence-corrected chi connectivity index (χ2v) is 7.58. The van der Waals surface area contributed by atoms with E-state index in [-0.39, 0.29) is 12.4 Å². The first-order valence-corrected chi connectivity index (χ1v) is 9.58. The topological polar surface area (TPSA) is 70.4 Å². The zero-order valence-electron chi connectivity index (χ0n) is 15.9. The molecule has 2 aromatic rings. The lowest BCUT2D eigenvalue weighted by atomic mass is 9.63. The summed E-state index contributed by atoms with van der Waals surface area (Å²) in [5, 5.41) is 9.27. The van der Waals surface area contributed by atoms with Gasteiger partial charge < -0.3 is 4.74 Å². The van der Waals surface area contributed by atoms with Crippen LogP contribution in [0.25, 0.3) is 0 Å². The number of rotatable bonds is 4. The fourth-order valence-corrected chi connectivity index (χ4v) is 4.53. The third-order valence-corrected chi connectivity index (χ3v) is 5.78. The summed E-state index contributed by atoms with van der Waals surface area (Å²) >= 11 is 0. The van der Waals surface area contributed by atoms with Gasteiger partial charge in [0.25, 0.3) is 0 Å². The van der Waals surface area contributed by atoms with Crippen molar-refractivity contribution in [2.24, 2.45) is 5.41 Å². The van der Waals surface area contributed by atoms with Crippen LogP contribution < -0.4 is 0 Å². The van der Waals surface area contributed by atoms with E-state index in [9.17, 15) is 14.9 Å². The van der Waals surface area contributed by atoms with Gasteiger partial charge in [-0.25, -0.2) is 0 Å². The molecular formula is C23H22N2O3. The van der Waals surface area contributed by atoms with Crippen LogP contribution in [0.3, 0.4) is 0 Å². The van der Waals surface area contributed by atoms with Gasteiger partial charge in [-0.3, -0.25) is 14.5 Å². The van der Waals surface area contributed by atoms with Gasteiger partial charge in [0.1, 0.15) is 5.41 Å². The monoisotopic (exact) mass is 374 g/mol. The van der Waals surface area contributed by atoms with Crippen LogP contribution in [-0.4, -0.2) is 36.3 Å². The van der Waals surface area contributed by atoms with Crippen molar-refractivity contribution in [2.75, 3.05) is 19.7 Å². The number of likely N-dealkylation sites (tertiary alicyclic amines) is 1. The molecule has 142 valence electrons. The van der Waals surface area contributed by atoms with Gasteiger partial charge in [0.15, 0.2) is 5.78 Å². The summed E-state index contributed by atoms with van der Waals surface area (Å²) in [6.07, 6.45) is 0.327. The molecule has 2 aliphatic rings. The standard InChI is InChI=1S/C23H22N2O3/c1-2-28-22(27)23-11-18-9-8-17(12-24)10-19(18)20(21(23)26)14-25(15-23)13-16-6-4-3-5-7-16/h3-10,20H,2,11,13-15H2,1H3. The van der Waals surface area contributed by atoms with E-state index >= 15 is 0 Å². The molecule has 2 aromatic carbocycles.